The maximum atomic E-state index is 12.9. The second-order valence-corrected chi connectivity index (χ2v) is 5.75. The molecule has 0 aliphatic heterocycles. The summed E-state index contributed by atoms with van der Waals surface area (Å²) < 4.78 is 34.4. The van der Waals surface area contributed by atoms with Crippen LogP contribution in [0.25, 0.3) is 0 Å². The van der Waals surface area contributed by atoms with Gasteiger partial charge < -0.3 is 14.4 Å². The molecule has 1 unspecified atom stereocenters. The van der Waals surface area contributed by atoms with E-state index in [-0.39, 0.29) is 23.4 Å². The number of carbonyl (C=O) groups is 1. The first-order valence-corrected chi connectivity index (χ1v) is 8.35. The molecule has 0 bridgehead atoms. The summed E-state index contributed by atoms with van der Waals surface area (Å²) in [5, 5.41) is 8.90. The highest BCUT2D eigenvalue weighted by Crippen LogP contribution is 2.31. The van der Waals surface area contributed by atoms with Crippen LogP contribution in [0.1, 0.15) is 41.4 Å². The molecule has 1 amide bonds. The number of amides is 1. The fourth-order valence-corrected chi connectivity index (χ4v) is 2.77. The number of ether oxygens (including phenoxy) is 2. The second kappa shape index (κ2) is 8.99. The third kappa shape index (κ3) is 4.73. The van der Waals surface area contributed by atoms with Crippen molar-refractivity contribution in [3.8, 4) is 17.6 Å². The summed E-state index contributed by atoms with van der Waals surface area (Å²) in [7, 11) is 1.32. The van der Waals surface area contributed by atoms with E-state index in [1.807, 2.05) is 13.8 Å². The highest BCUT2D eigenvalue weighted by atomic mass is 19.3. The Morgan fingerprint density at radius 1 is 1.19 bits per heavy atom. The van der Waals surface area contributed by atoms with Gasteiger partial charge in [0.15, 0.2) is 11.5 Å². The summed E-state index contributed by atoms with van der Waals surface area (Å²) in [6.07, 6.45) is 0. The van der Waals surface area contributed by atoms with Gasteiger partial charge in [-0.1, -0.05) is 12.1 Å². The van der Waals surface area contributed by atoms with Crippen molar-refractivity contribution >= 4 is 5.91 Å². The van der Waals surface area contributed by atoms with Gasteiger partial charge in [0, 0.05) is 12.1 Å². The molecule has 0 spiro atoms. The van der Waals surface area contributed by atoms with Crippen molar-refractivity contribution in [1.29, 1.82) is 5.26 Å². The van der Waals surface area contributed by atoms with E-state index in [1.54, 1.807) is 29.2 Å². The second-order valence-electron chi connectivity index (χ2n) is 5.75. The summed E-state index contributed by atoms with van der Waals surface area (Å²) >= 11 is 0. The van der Waals surface area contributed by atoms with Gasteiger partial charge in [-0.25, -0.2) is 0 Å². The van der Waals surface area contributed by atoms with E-state index in [2.05, 4.69) is 10.8 Å². The summed E-state index contributed by atoms with van der Waals surface area (Å²) in [5.74, 6) is -0.341. The fraction of sp³-hybridized carbons (Fsp3) is 0.300. The number of halogens is 2. The van der Waals surface area contributed by atoms with E-state index in [0.29, 0.717) is 17.7 Å². The van der Waals surface area contributed by atoms with Crippen LogP contribution in [0.3, 0.4) is 0 Å². The van der Waals surface area contributed by atoms with E-state index in [4.69, 9.17) is 10.00 Å². The molecule has 0 aromatic heterocycles. The molecule has 27 heavy (non-hydrogen) atoms. The molecule has 2 aromatic rings. The lowest BCUT2D eigenvalue weighted by Gasteiger charge is -2.29. The first-order valence-electron chi connectivity index (χ1n) is 8.35. The van der Waals surface area contributed by atoms with Crippen LogP contribution in [0.5, 0.6) is 11.5 Å². The number of methoxy groups -OCH3 is 1. The Labute approximate surface area is 156 Å². The average molecular weight is 374 g/mol. The van der Waals surface area contributed by atoms with Crippen LogP contribution in [0.2, 0.25) is 0 Å². The third-order valence-electron chi connectivity index (χ3n) is 4.22. The Hall–Kier alpha value is -3.14. The zero-order valence-electron chi connectivity index (χ0n) is 15.3. The van der Waals surface area contributed by atoms with Crippen LogP contribution in [-0.2, 0) is 0 Å². The number of carbonyl (C=O) groups excluding carboxylic acids is 1. The van der Waals surface area contributed by atoms with Gasteiger partial charge in [0.2, 0.25) is 0 Å². The smallest absolute Gasteiger partial charge is 0.387 e. The van der Waals surface area contributed by atoms with Crippen molar-refractivity contribution in [2.45, 2.75) is 26.5 Å². The van der Waals surface area contributed by atoms with Crippen molar-refractivity contribution in [3.05, 3.63) is 59.2 Å². The van der Waals surface area contributed by atoms with Gasteiger partial charge in [-0.15, -0.1) is 0 Å². The Morgan fingerprint density at radius 2 is 1.85 bits per heavy atom. The number of alkyl halides is 2. The van der Waals surface area contributed by atoms with Gasteiger partial charge in [0.05, 0.1) is 24.8 Å². The van der Waals surface area contributed by atoms with E-state index in [1.165, 1.54) is 25.3 Å². The molecule has 0 aliphatic carbocycles. The molecule has 0 saturated carbocycles. The van der Waals surface area contributed by atoms with Crippen LogP contribution in [-0.4, -0.2) is 31.1 Å². The van der Waals surface area contributed by atoms with Gasteiger partial charge >= 0.3 is 6.61 Å². The quantitative estimate of drug-likeness (QED) is 0.721. The molecule has 2 aromatic carbocycles. The Kier molecular flexibility index (Phi) is 6.72. The highest BCUT2D eigenvalue weighted by molar-refractivity contribution is 5.95. The molecule has 1 atom stereocenters. The molecular weight excluding hydrogens is 354 g/mol. The van der Waals surface area contributed by atoms with Crippen molar-refractivity contribution in [3.63, 3.8) is 0 Å². The van der Waals surface area contributed by atoms with Gasteiger partial charge in [0.1, 0.15) is 0 Å². The van der Waals surface area contributed by atoms with Crippen LogP contribution in [0, 0.1) is 11.3 Å². The van der Waals surface area contributed by atoms with E-state index in [0.717, 1.165) is 5.56 Å². The van der Waals surface area contributed by atoms with Crippen molar-refractivity contribution in [2.75, 3.05) is 13.7 Å². The minimum Gasteiger partial charge on any atom is -0.493 e. The monoisotopic (exact) mass is 374 g/mol. The molecule has 7 heteroatoms. The van der Waals surface area contributed by atoms with Crippen LogP contribution in [0.4, 0.5) is 8.78 Å². The van der Waals surface area contributed by atoms with E-state index >= 15 is 0 Å². The average Bonchev–Trinajstić information content (AvgIpc) is 2.68. The molecule has 5 nitrogen and oxygen atoms in total. The molecule has 0 N–H and O–H groups in total. The minimum atomic E-state index is -2.98. The minimum absolute atomic E-state index is 0.0585. The maximum absolute atomic E-state index is 12.9. The lowest BCUT2D eigenvalue weighted by molar-refractivity contribution is -0.0512. The largest absolute Gasteiger partial charge is 0.493 e. The predicted octanol–water partition coefficient (Wildman–Crippen LogP) is 4.39. The molecule has 0 saturated heterocycles. The fourth-order valence-electron chi connectivity index (χ4n) is 2.77. The summed E-state index contributed by atoms with van der Waals surface area (Å²) in [5.41, 5.74) is 1.73. The molecular formula is C20H20F2N2O3. The normalized spacial score (nSPS) is 11.6. The highest BCUT2D eigenvalue weighted by Gasteiger charge is 2.23. The molecule has 0 heterocycles. The third-order valence-corrected chi connectivity index (χ3v) is 4.22. The SMILES string of the molecule is CCN(C(=O)c1ccc(OC(F)F)c(OC)c1)C(C)c1ccc(C#N)cc1. The number of hydrogen-bond acceptors (Lipinski definition) is 4. The van der Waals surface area contributed by atoms with E-state index in [9.17, 15) is 13.6 Å². The van der Waals surface area contributed by atoms with Crippen LogP contribution < -0.4 is 9.47 Å². The first kappa shape index (κ1) is 20.2. The number of benzene rings is 2. The summed E-state index contributed by atoms with van der Waals surface area (Å²) in [6.45, 7) is 1.19. The molecule has 0 radical (unpaired) electrons. The number of rotatable bonds is 7. The Bertz CT molecular complexity index is 832. The Balaban J connectivity index is 2.28. The van der Waals surface area contributed by atoms with Crippen molar-refractivity contribution in [1.82, 2.24) is 4.90 Å². The van der Waals surface area contributed by atoms with Crippen LogP contribution >= 0.6 is 0 Å². The summed E-state index contributed by atoms with van der Waals surface area (Å²) in [4.78, 5) is 14.6. The summed E-state index contributed by atoms with van der Waals surface area (Å²) in [6, 6.07) is 12.9. The lowest BCUT2D eigenvalue weighted by Crippen LogP contribution is -2.33. The molecule has 0 fully saturated rings. The number of nitrogens with zero attached hydrogens (tertiary/aromatic N) is 2. The molecule has 2 rings (SSSR count). The van der Waals surface area contributed by atoms with Gasteiger partial charge in [0.25, 0.3) is 5.91 Å². The van der Waals surface area contributed by atoms with Crippen molar-refractivity contribution < 1.29 is 23.0 Å². The van der Waals surface area contributed by atoms with Crippen LogP contribution in [0.15, 0.2) is 42.5 Å². The standard InChI is InChI=1S/C20H20F2N2O3/c1-4-24(13(2)15-7-5-14(12-23)6-8-15)19(25)16-9-10-17(27-20(21)22)18(11-16)26-3/h5-11,13,20H,4H2,1-3H3. The zero-order chi connectivity index (χ0) is 20.0. The Morgan fingerprint density at radius 3 is 2.37 bits per heavy atom. The van der Waals surface area contributed by atoms with Gasteiger partial charge in [-0.05, 0) is 49.7 Å². The number of hydrogen-bond donors (Lipinski definition) is 0. The molecule has 142 valence electrons. The van der Waals surface area contributed by atoms with Crippen molar-refractivity contribution in [2.24, 2.45) is 0 Å². The maximum Gasteiger partial charge on any atom is 0.387 e. The van der Waals surface area contributed by atoms with Gasteiger partial charge in [-0.2, -0.15) is 14.0 Å². The molecule has 0 aliphatic rings. The first-order chi connectivity index (χ1) is 12.9. The predicted molar refractivity (Wildman–Crippen MR) is 95.9 cm³/mol. The topological polar surface area (TPSA) is 62.6 Å². The lowest BCUT2D eigenvalue weighted by atomic mass is 10.0. The van der Waals surface area contributed by atoms with Gasteiger partial charge in [-0.3, -0.25) is 4.79 Å². The van der Waals surface area contributed by atoms with E-state index < -0.39 is 6.61 Å². The zero-order valence-corrected chi connectivity index (χ0v) is 15.3. The number of nitriles is 1.